The molecule has 5 saturated heterocycles. The number of carbonyl (C=O) groups excluding carboxylic acids is 3. The number of hydrogen-bond donors (Lipinski definition) is 10. The fraction of sp³-hybridized carbons (Fsp3) is 0.754. The van der Waals surface area contributed by atoms with Crippen molar-refractivity contribution in [3.63, 3.8) is 0 Å². The van der Waals surface area contributed by atoms with Crippen LogP contribution in [0, 0.1) is 17.8 Å². The van der Waals surface area contributed by atoms with Gasteiger partial charge in [-0.25, -0.2) is 14.4 Å². The van der Waals surface area contributed by atoms with E-state index in [1.165, 1.54) is 14.0 Å². The third-order valence-electron chi connectivity index (χ3n) is 18.1. The van der Waals surface area contributed by atoms with E-state index in [4.69, 9.17) is 72.4 Å². The monoisotopic (exact) mass is 1390 g/mol. The number of aliphatic hydroxyl groups is 8. The van der Waals surface area contributed by atoms with Gasteiger partial charge in [0.15, 0.2) is 31.4 Å². The van der Waals surface area contributed by atoms with Crippen molar-refractivity contribution in [3.8, 4) is 0 Å². The number of rotatable bonds is 34. The highest BCUT2D eigenvalue weighted by molar-refractivity contribution is 7.71. The fourth-order valence-corrected chi connectivity index (χ4v) is 12.9. The lowest BCUT2D eigenvalue weighted by atomic mass is 9.40. The van der Waals surface area contributed by atoms with Gasteiger partial charge in [-0.1, -0.05) is 94.8 Å². The molecule has 5 aliphatic heterocycles. The predicted molar refractivity (Wildman–Crippen MR) is 345 cm³/mol. The second kappa shape index (κ2) is 39.1. The van der Waals surface area contributed by atoms with Crippen LogP contribution in [-0.4, -0.2) is 258 Å². The number of nitrogens with zero attached hydrogens (tertiary/aromatic N) is 1. The van der Waals surface area contributed by atoms with Crippen LogP contribution in [0.3, 0.4) is 0 Å². The second-order valence-electron chi connectivity index (χ2n) is 25.8. The average molecular weight is 1400 g/mol. The van der Waals surface area contributed by atoms with E-state index in [9.17, 15) is 64.6 Å². The number of esters is 2. The van der Waals surface area contributed by atoms with Crippen molar-refractivity contribution in [2.45, 2.75) is 241 Å². The van der Waals surface area contributed by atoms with E-state index in [0.717, 1.165) is 17.5 Å². The highest BCUT2D eigenvalue weighted by atomic mass is 31.1. The summed E-state index contributed by atoms with van der Waals surface area (Å²) in [7, 11) is 3.02. The highest BCUT2D eigenvalue weighted by Gasteiger charge is 2.60. The van der Waals surface area contributed by atoms with Crippen molar-refractivity contribution < 1.29 is 131 Å². The zero-order valence-corrected chi connectivity index (χ0v) is 57.4. The lowest BCUT2D eigenvalue weighted by molar-refractivity contribution is -0.369. The maximum atomic E-state index is 13.8. The molecule has 97 heavy (non-hydrogen) atoms. The summed E-state index contributed by atoms with van der Waals surface area (Å²) in [6.45, 7) is 14.5. The number of nitrogens with two attached hydrogens (primary N) is 1. The van der Waals surface area contributed by atoms with E-state index < -0.39 is 153 Å². The summed E-state index contributed by atoms with van der Waals surface area (Å²) in [5.41, 5.74) is 7.32. The maximum Gasteiger partial charge on any atom is 0.410 e. The standard InChI is InChI=1S/C45H64B2NO13P.C20H37NO14/c1-9-29(2)37-36(46-47-62-52)31(4)39(57-32(5)49)41(58-37)59-38-30(3)25-45(42(50)53-8,61-40(38)35-28-56-44(6,7)60-35)55-24-18-12-17-23-48(26-33-19-13-10-14-20-33)43(51)54-27-34-21-15-11-16-22-34;21-4-2-1-3-5-32-20(19(30)31)6-9(24)16(17(35-20)11(26)8-23)34-18-14(29)12(27)13(28)15(33-18)10(25)7-22/h10-11,13-16,19-22,29-31,35-41H,9,12,17-18,23-28H2,1-8H3;9-18,22-29H,1-8,21H2,(H,30,31)/t29-,30+,31-,35+,36-,37?,38+,39?,40?,41+,45+;9-,10+,11-,12+,13+,14?,15?,16-,17?,18-,20-/m01/s1. The zero-order valence-electron chi connectivity index (χ0n) is 56.5. The topological polar surface area (TPSA) is 417 Å². The van der Waals surface area contributed by atoms with Crippen LogP contribution < -0.4 is 5.73 Å². The molecular formula is C65H101B2N2O27P. The van der Waals surface area contributed by atoms with Gasteiger partial charge in [-0.05, 0) is 93.6 Å². The largest absolute Gasteiger partial charge is 0.477 e. The number of hydrogen-bond acceptors (Lipinski definition) is 27. The Labute approximate surface area is 569 Å². The number of aliphatic hydroxyl groups excluding tert-OH is 8. The maximum absolute atomic E-state index is 13.8. The van der Waals surface area contributed by atoms with Gasteiger partial charge < -0.3 is 118 Å². The van der Waals surface area contributed by atoms with Crippen LogP contribution in [0.1, 0.15) is 117 Å². The summed E-state index contributed by atoms with van der Waals surface area (Å²) in [6.07, 6.45) is -18.4. The van der Waals surface area contributed by atoms with Crippen LogP contribution in [0.25, 0.3) is 0 Å². The van der Waals surface area contributed by atoms with E-state index in [1.54, 1.807) is 25.6 Å². The molecular weight excluding hydrogens is 1290 g/mol. The van der Waals surface area contributed by atoms with Gasteiger partial charge in [-0.3, -0.25) is 9.36 Å². The van der Waals surface area contributed by atoms with E-state index in [-0.39, 0.29) is 70.9 Å². The van der Waals surface area contributed by atoms with Crippen molar-refractivity contribution >= 4 is 46.4 Å². The lowest BCUT2D eigenvalue weighted by Gasteiger charge is -2.51. The third-order valence-corrected chi connectivity index (χ3v) is 18.4. The molecule has 0 bridgehead atoms. The molecule has 2 aromatic rings. The molecule has 544 valence electrons. The molecule has 11 N–H and O–H groups in total. The fourth-order valence-electron chi connectivity index (χ4n) is 12.6. The summed E-state index contributed by atoms with van der Waals surface area (Å²) in [6, 6.07) is 19.3. The van der Waals surface area contributed by atoms with Crippen molar-refractivity contribution in [2.24, 2.45) is 23.5 Å². The first-order chi connectivity index (χ1) is 46.2. The number of carboxylic acids is 1. The van der Waals surface area contributed by atoms with Crippen LogP contribution in [-0.2, 0) is 93.7 Å². The molecule has 0 spiro atoms. The Morgan fingerprint density at radius 3 is 1.94 bits per heavy atom. The van der Waals surface area contributed by atoms with Crippen LogP contribution >= 0.6 is 8.34 Å². The molecule has 1 amide bonds. The molecule has 5 aliphatic rings. The molecule has 2 radical (unpaired) electrons. The van der Waals surface area contributed by atoms with E-state index >= 15 is 0 Å². The minimum atomic E-state index is -2.39. The SMILES string of the molecule is CC[C@H](C)C1O[C@H](O[C@H]2C([C@H]3COC(C)(C)O3)O[C@@](OCCCCCN(Cc3ccccc3)C(=O)OCc3ccccc3)(C(=O)OC)C[C@H]2C)C(OC(C)=O)[C@@H](C)[C@@H]1[B][B]P=O.NCCCCCO[C@]1(C(=O)O)C[C@@H](O)[C@@H](O[C@H]2OC([C@@H](O)CO)[C@@H](O)[C@H](O)C2O)C([C@H](O)CO)O1. The molecule has 0 aromatic heterocycles. The Hall–Kier alpha value is -4.41. The molecule has 22 atom stereocenters. The smallest absolute Gasteiger partial charge is 0.410 e. The van der Waals surface area contributed by atoms with Gasteiger partial charge >= 0.3 is 24.0 Å². The van der Waals surface area contributed by atoms with Crippen LogP contribution in [0.4, 0.5) is 4.79 Å². The van der Waals surface area contributed by atoms with Crippen molar-refractivity contribution in [1.82, 2.24) is 4.90 Å². The number of carbonyl (C=O) groups is 4. The third kappa shape index (κ3) is 22.3. The number of benzene rings is 2. The molecule has 29 nitrogen and oxygen atoms in total. The van der Waals surface area contributed by atoms with Gasteiger partial charge in [0.25, 0.3) is 11.6 Å². The van der Waals surface area contributed by atoms with E-state index in [2.05, 4.69) is 13.8 Å². The molecule has 2 aromatic carbocycles. The first-order valence-electron chi connectivity index (χ1n) is 33.3. The number of unbranched alkanes of at least 4 members (excludes halogenated alkanes) is 4. The van der Waals surface area contributed by atoms with Crippen molar-refractivity contribution in [1.29, 1.82) is 0 Å². The first-order valence-corrected chi connectivity index (χ1v) is 34.2. The van der Waals surface area contributed by atoms with Gasteiger partial charge in [0.1, 0.15) is 67.6 Å². The average Bonchev–Trinajstić information content (AvgIpc) is 1.70. The molecule has 7 rings (SSSR count). The quantitative estimate of drug-likeness (QED) is 0.0158. The van der Waals surface area contributed by atoms with Crippen LogP contribution in [0.2, 0.25) is 5.82 Å². The second-order valence-corrected chi connectivity index (χ2v) is 26.3. The normalized spacial score (nSPS) is 33.5. The number of methoxy groups -OCH3 is 1. The summed E-state index contributed by atoms with van der Waals surface area (Å²) in [5.74, 6) is -8.66. The zero-order chi connectivity index (χ0) is 71.2. The molecule has 0 saturated carbocycles. The van der Waals surface area contributed by atoms with Gasteiger partial charge in [0, 0.05) is 32.9 Å². The van der Waals surface area contributed by atoms with E-state index in [0.29, 0.717) is 58.2 Å². The molecule has 5 fully saturated rings. The molecule has 32 heteroatoms. The number of carboxylic acid groups (broad SMARTS) is 1. The molecule has 0 aliphatic carbocycles. The Kier molecular flexibility index (Phi) is 32.9. The van der Waals surface area contributed by atoms with Gasteiger partial charge in [-0.2, -0.15) is 0 Å². The Morgan fingerprint density at radius 1 is 0.753 bits per heavy atom. The number of amides is 1. The lowest BCUT2D eigenvalue weighted by Crippen LogP contribution is -2.67. The number of aliphatic carboxylic acids is 1. The van der Waals surface area contributed by atoms with E-state index in [1.807, 2.05) is 81.7 Å². The summed E-state index contributed by atoms with van der Waals surface area (Å²) < 4.78 is 89.3. The Morgan fingerprint density at radius 2 is 1.36 bits per heavy atom. The summed E-state index contributed by atoms with van der Waals surface area (Å²) in [5, 5.41) is 89.8. The van der Waals surface area contributed by atoms with Crippen molar-refractivity contribution in [3.05, 3.63) is 71.8 Å². The first kappa shape index (κ1) is 81.6. The van der Waals surface area contributed by atoms with Gasteiger partial charge in [0.2, 0.25) is 0 Å². The van der Waals surface area contributed by atoms with Gasteiger partial charge in [-0.15, -0.1) is 0 Å². The predicted octanol–water partition coefficient (Wildman–Crippen LogP) is 2.46. The summed E-state index contributed by atoms with van der Waals surface area (Å²) in [4.78, 5) is 53.3. The van der Waals surface area contributed by atoms with Crippen LogP contribution in [0.15, 0.2) is 60.7 Å². The Bertz CT molecular complexity index is 2710. The molecule has 5 heterocycles. The highest BCUT2D eigenvalue weighted by Crippen LogP contribution is 2.46. The van der Waals surface area contributed by atoms with Gasteiger partial charge in [0.05, 0.1) is 74.0 Å². The number of ether oxygens (including phenoxy) is 13. The van der Waals surface area contributed by atoms with Crippen LogP contribution in [0.5, 0.6) is 0 Å². The summed E-state index contributed by atoms with van der Waals surface area (Å²) >= 11 is 0. The Balaban J connectivity index is 0.000000359. The minimum Gasteiger partial charge on any atom is -0.477 e. The molecule has 6 unspecified atom stereocenters. The minimum absolute atomic E-state index is 0.0677. The van der Waals surface area contributed by atoms with Crippen molar-refractivity contribution in [2.75, 3.05) is 53.2 Å².